The van der Waals surface area contributed by atoms with Gasteiger partial charge in [-0.3, -0.25) is 4.79 Å². The van der Waals surface area contributed by atoms with Crippen LogP contribution in [0.2, 0.25) is 0 Å². The van der Waals surface area contributed by atoms with Crippen LogP contribution in [0.15, 0.2) is 24.5 Å². The van der Waals surface area contributed by atoms with Crippen LogP contribution in [0.25, 0.3) is 11.0 Å². The summed E-state index contributed by atoms with van der Waals surface area (Å²) in [5.41, 5.74) is 2.67. The highest BCUT2D eigenvalue weighted by Crippen LogP contribution is 2.22. The minimum atomic E-state index is 0.00388. The Hall–Kier alpha value is -1.55. The second-order valence-corrected chi connectivity index (χ2v) is 4.79. The Morgan fingerprint density at radius 2 is 2.26 bits per heavy atom. The summed E-state index contributed by atoms with van der Waals surface area (Å²) in [5.74, 6) is 0.689. The van der Waals surface area contributed by atoms with Crippen molar-refractivity contribution in [3.63, 3.8) is 0 Å². The first-order valence-corrected chi connectivity index (χ1v) is 7.09. The van der Waals surface area contributed by atoms with Crippen molar-refractivity contribution in [1.29, 1.82) is 0 Å². The van der Waals surface area contributed by atoms with Crippen molar-refractivity contribution < 1.29 is 4.79 Å². The Labute approximate surface area is 117 Å². The van der Waals surface area contributed by atoms with Gasteiger partial charge in [0.1, 0.15) is 5.52 Å². The number of alkyl halides is 1. The Morgan fingerprint density at radius 3 is 3.00 bits per heavy atom. The number of nitrogens with zero attached hydrogens (tertiary/aromatic N) is 2. The fourth-order valence-electron chi connectivity index (χ4n) is 1.98. The number of aromatic nitrogens is 2. The molecule has 0 saturated carbocycles. The molecule has 1 heterocycles. The summed E-state index contributed by atoms with van der Waals surface area (Å²) in [6.07, 6.45) is 4.31. The lowest BCUT2D eigenvalue weighted by molar-refractivity contribution is -0.115. The van der Waals surface area contributed by atoms with Gasteiger partial charge in [0.2, 0.25) is 5.91 Å². The summed E-state index contributed by atoms with van der Waals surface area (Å²) in [6, 6.07) is 5.84. The lowest BCUT2D eigenvalue weighted by atomic mass is 10.2. The third-order valence-corrected chi connectivity index (χ3v) is 3.30. The van der Waals surface area contributed by atoms with Crippen LogP contribution in [-0.2, 0) is 11.3 Å². The number of benzene rings is 1. The topological polar surface area (TPSA) is 46.9 Å². The first-order valence-electron chi connectivity index (χ1n) is 6.56. The number of fused-ring (bicyclic) bond motifs is 1. The quantitative estimate of drug-likeness (QED) is 0.651. The molecule has 1 aromatic carbocycles. The van der Waals surface area contributed by atoms with Gasteiger partial charge in [-0.25, -0.2) is 4.98 Å². The second-order valence-electron chi connectivity index (χ2n) is 4.41. The SMILES string of the molecule is CCC(=O)Nc1cccc2c1ncn2CCCCCl. The molecule has 5 heteroatoms. The third kappa shape index (κ3) is 3.26. The van der Waals surface area contributed by atoms with Gasteiger partial charge in [-0.2, -0.15) is 0 Å². The van der Waals surface area contributed by atoms with Gasteiger partial charge in [0.15, 0.2) is 0 Å². The lowest BCUT2D eigenvalue weighted by Crippen LogP contribution is -2.09. The molecule has 1 N–H and O–H groups in total. The minimum Gasteiger partial charge on any atom is -0.331 e. The van der Waals surface area contributed by atoms with E-state index in [0.29, 0.717) is 12.3 Å². The zero-order valence-corrected chi connectivity index (χ0v) is 11.8. The van der Waals surface area contributed by atoms with Crippen LogP contribution in [0.3, 0.4) is 0 Å². The molecule has 19 heavy (non-hydrogen) atoms. The maximum absolute atomic E-state index is 11.5. The number of para-hydroxylation sites is 1. The Kier molecular flexibility index (Phi) is 4.80. The van der Waals surface area contributed by atoms with E-state index in [-0.39, 0.29) is 5.91 Å². The normalized spacial score (nSPS) is 10.8. The molecule has 1 aromatic heterocycles. The Morgan fingerprint density at radius 1 is 1.42 bits per heavy atom. The minimum absolute atomic E-state index is 0.00388. The van der Waals surface area contributed by atoms with Gasteiger partial charge in [-0.1, -0.05) is 13.0 Å². The van der Waals surface area contributed by atoms with Gasteiger partial charge in [0, 0.05) is 18.8 Å². The van der Waals surface area contributed by atoms with E-state index in [9.17, 15) is 4.79 Å². The second kappa shape index (κ2) is 6.57. The molecule has 0 unspecified atom stereocenters. The fraction of sp³-hybridized carbons (Fsp3) is 0.429. The molecular formula is C14H18ClN3O. The molecule has 1 amide bonds. The molecule has 0 aliphatic carbocycles. The van der Waals surface area contributed by atoms with Crippen LogP contribution in [0.4, 0.5) is 5.69 Å². The van der Waals surface area contributed by atoms with Crippen molar-refractivity contribution in [1.82, 2.24) is 9.55 Å². The number of aryl methyl sites for hydroxylation is 1. The van der Waals surface area contributed by atoms with Gasteiger partial charge >= 0.3 is 0 Å². The predicted molar refractivity (Wildman–Crippen MR) is 78.6 cm³/mol. The van der Waals surface area contributed by atoms with Crippen molar-refractivity contribution in [3.8, 4) is 0 Å². The molecule has 2 rings (SSSR count). The van der Waals surface area contributed by atoms with Crippen LogP contribution < -0.4 is 5.32 Å². The number of amides is 1. The van der Waals surface area contributed by atoms with Gasteiger partial charge < -0.3 is 9.88 Å². The monoisotopic (exact) mass is 279 g/mol. The maximum Gasteiger partial charge on any atom is 0.224 e. The first-order chi connectivity index (χ1) is 9.26. The Balaban J connectivity index is 2.23. The summed E-state index contributed by atoms with van der Waals surface area (Å²) in [5, 5.41) is 2.88. The summed E-state index contributed by atoms with van der Waals surface area (Å²) >= 11 is 5.69. The van der Waals surface area contributed by atoms with E-state index in [1.807, 2.05) is 31.5 Å². The Bertz CT molecular complexity index is 565. The third-order valence-electron chi connectivity index (χ3n) is 3.03. The molecule has 0 atom stereocenters. The highest BCUT2D eigenvalue weighted by molar-refractivity contribution is 6.17. The van der Waals surface area contributed by atoms with Gasteiger partial charge in [0.05, 0.1) is 17.5 Å². The molecule has 0 saturated heterocycles. The number of unbranched alkanes of at least 4 members (excludes halogenated alkanes) is 1. The molecule has 0 aliphatic heterocycles. The molecule has 0 aliphatic rings. The summed E-state index contributed by atoms with van der Waals surface area (Å²) < 4.78 is 2.10. The predicted octanol–water partition coefficient (Wildman–Crippen LogP) is 3.40. The van der Waals surface area contributed by atoms with E-state index in [1.54, 1.807) is 0 Å². The summed E-state index contributed by atoms with van der Waals surface area (Å²) in [7, 11) is 0. The zero-order chi connectivity index (χ0) is 13.7. The van der Waals surface area contributed by atoms with E-state index in [0.717, 1.165) is 36.1 Å². The zero-order valence-electron chi connectivity index (χ0n) is 11.0. The van der Waals surface area contributed by atoms with E-state index in [1.165, 1.54) is 0 Å². The van der Waals surface area contributed by atoms with Crippen LogP contribution in [0, 0.1) is 0 Å². The van der Waals surface area contributed by atoms with Crippen LogP contribution in [0.5, 0.6) is 0 Å². The highest BCUT2D eigenvalue weighted by atomic mass is 35.5. The number of hydrogen-bond acceptors (Lipinski definition) is 2. The smallest absolute Gasteiger partial charge is 0.224 e. The highest BCUT2D eigenvalue weighted by Gasteiger charge is 2.08. The summed E-state index contributed by atoms with van der Waals surface area (Å²) in [6.45, 7) is 2.73. The molecule has 0 bridgehead atoms. The standard InChI is InChI=1S/C14H18ClN3O/c1-2-13(19)17-11-6-5-7-12-14(11)16-10-18(12)9-4-3-8-15/h5-7,10H,2-4,8-9H2,1H3,(H,17,19). The molecule has 0 spiro atoms. The maximum atomic E-state index is 11.5. The van der Waals surface area contributed by atoms with E-state index < -0.39 is 0 Å². The number of carbonyl (C=O) groups excluding carboxylic acids is 1. The van der Waals surface area contributed by atoms with Crippen molar-refractivity contribution in [2.75, 3.05) is 11.2 Å². The number of halogens is 1. The van der Waals surface area contributed by atoms with Crippen molar-refractivity contribution in [3.05, 3.63) is 24.5 Å². The molecule has 0 radical (unpaired) electrons. The number of nitrogens with one attached hydrogen (secondary N) is 1. The molecule has 102 valence electrons. The lowest BCUT2D eigenvalue weighted by Gasteiger charge is -2.06. The van der Waals surface area contributed by atoms with E-state index >= 15 is 0 Å². The van der Waals surface area contributed by atoms with Crippen molar-refractivity contribution >= 4 is 34.2 Å². The van der Waals surface area contributed by atoms with E-state index in [4.69, 9.17) is 11.6 Å². The van der Waals surface area contributed by atoms with Crippen LogP contribution >= 0.6 is 11.6 Å². The number of rotatable bonds is 6. The largest absolute Gasteiger partial charge is 0.331 e. The summed E-state index contributed by atoms with van der Waals surface area (Å²) in [4.78, 5) is 15.9. The van der Waals surface area contributed by atoms with E-state index in [2.05, 4.69) is 14.9 Å². The van der Waals surface area contributed by atoms with Crippen LogP contribution in [-0.4, -0.2) is 21.3 Å². The molecule has 2 aromatic rings. The fourth-order valence-corrected chi connectivity index (χ4v) is 2.17. The average Bonchev–Trinajstić information content (AvgIpc) is 2.83. The van der Waals surface area contributed by atoms with Crippen molar-refractivity contribution in [2.24, 2.45) is 0 Å². The van der Waals surface area contributed by atoms with Gasteiger partial charge in [-0.15, -0.1) is 11.6 Å². The number of hydrogen-bond donors (Lipinski definition) is 1. The molecule has 4 nitrogen and oxygen atoms in total. The number of imidazole rings is 1. The average molecular weight is 280 g/mol. The molecular weight excluding hydrogens is 262 g/mol. The number of carbonyl (C=O) groups is 1. The van der Waals surface area contributed by atoms with Crippen molar-refractivity contribution in [2.45, 2.75) is 32.7 Å². The van der Waals surface area contributed by atoms with Gasteiger partial charge in [-0.05, 0) is 25.0 Å². The van der Waals surface area contributed by atoms with Crippen LogP contribution in [0.1, 0.15) is 26.2 Å². The number of anilines is 1. The molecule has 0 fully saturated rings. The first kappa shape index (κ1) is 13.9. The van der Waals surface area contributed by atoms with Gasteiger partial charge in [0.25, 0.3) is 0 Å².